The highest BCUT2D eigenvalue weighted by atomic mass is 16.6. The number of hydrogen-bond acceptors (Lipinski definition) is 5. The molecule has 26 heavy (non-hydrogen) atoms. The first-order chi connectivity index (χ1) is 12.4. The van der Waals surface area contributed by atoms with Crippen LogP contribution in [-0.2, 0) is 9.53 Å². The van der Waals surface area contributed by atoms with Gasteiger partial charge in [-0.25, -0.2) is 0 Å². The maximum atomic E-state index is 10.5. The van der Waals surface area contributed by atoms with Gasteiger partial charge in [0.1, 0.15) is 0 Å². The van der Waals surface area contributed by atoms with Crippen LogP contribution in [0.5, 0.6) is 0 Å². The van der Waals surface area contributed by atoms with Crippen molar-refractivity contribution in [3.63, 3.8) is 0 Å². The molecule has 0 saturated carbocycles. The van der Waals surface area contributed by atoms with E-state index in [1.54, 1.807) is 12.2 Å². The molecule has 1 fully saturated rings. The van der Waals surface area contributed by atoms with Gasteiger partial charge in [-0.15, -0.1) is 0 Å². The maximum Gasteiger partial charge on any atom is 0.303 e. The fourth-order valence-electron chi connectivity index (χ4n) is 3.10. The summed E-state index contributed by atoms with van der Waals surface area (Å²) >= 11 is 0. The van der Waals surface area contributed by atoms with Gasteiger partial charge in [0.25, 0.3) is 0 Å². The molecule has 6 heteroatoms. The molecule has 5 unspecified atom stereocenters. The molecule has 0 radical (unpaired) electrons. The molecule has 5 atom stereocenters. The first-order valence-corrected chi connectivity index (χ1v) is 9.68. The number of carbonyl (C=O) groups is 1. The molecule has 4 N–H and O–H groups in total. The van der Waals surface area contributed by atoms with E-state index in [2.05, 4.69) is 6.92 Å². The summed E-state index contributed by atoms with van der Waals surface area (Å²) in [6.45, 7) is 2.11. The number of ether oxygens (including phenoxy) is 1. The van der Waals surface area contributed by atoms with E-state index in [1.165, 1.54) is 0 Å². The third-order valence-corrected chi connectivity index (χ3v) is 4.64. The Labute approximate surface area is 156 Å². The molecule has 6 nitrogen and oxygen atoms in total. The average molecular weight is 370 g/mol. The van der Waals surface area contributed by atoms with Gasteiger partial charge in [0.05, 0.1) is 18.3 Å². The second-order valence-electron chi connectivity index (χ2n) is 6.96. The van der Waals surface area contributed by atoms with Crippen molar-refractivity contribution in [1.29, 1.82) is 0 Å². The molecule has 0 spiro atoms. The minimum absolute atomic E-state index is 0.146. The Morgan fingerprint density at radius 2 is 2.00 bits per heavy atom. The topological polar surface area (TPSA) is 107 Å². The summed E-state index contributed by atoms with van der Waals surface area (Å²) in [4.78, 5) is 10.5. The number of aliphatic hydroxyl groups is 3. The van der Waals surface area contributed by atoms with Crippen LogP contribution in [0.3, 0.4) is 0 Å². The lowest BCUT2D eigenvalue weighted by atomic mass is 9.87. The largest absolute Gasteiger partial charge is 0.481 e. The number of rotatable bonds is 12. The number of aliphatic hydroxyl groups excluding tert-OH is 3. The Kier molecular flexibility index (Phi) is 11.4. The Balaban J connectivity index is 2.52. The van der Waals surface area contributed by atoms with Crippen molar-refractivity contribution in [2.45, 2.75) is 89.3 Å². The van der Waals surface area contributed by atoms with Crippen LogP contribution in [0.4, 0.5) is 0 Å². The lowest BCUT2D eigenvalue weighted by Gasteiger charge is -2.36. The molecule has 0 aromatic heterocycles. The second kappa shape index (κ2) is 13.0. The quantitative estimate of drug-likeness (QED) is 0.311. The second-order valence-corrected chi connectivity index (χ2v) is 6.96. The Hall–Kier alpha value is -1.21. The Bertz CT molecular complexity index is 448. The number of allylic oxidation sites excluding steroid dienone is 2. The van der Waals surface area contributed by atoms with Crippen LogP contribution in [0.1, 0.15) is 64.7 Å². The van der Waals surface area contributed by atoms with Crippen molar-refractivity contribution in [3.8, 4) is 0 Å². The van der Waals surface area contributed by atoms with Gasteiger partial charge in [0.15, 0.2) is 6.29 Å². The van der Waals surface area contributed by atoms with Crippen LogP contribution < -0.4 is 0 Å². The third kappa shape index (κ3) is 9.48. The van der Waals surface area contributed by atoms with E-state index in [0.717, 1.165) is 19.3 Å². The summed E-state index contributed by atoms with van der Waals surface area (Å²) in [6, 6.07) is 0. The summed E-state index contributed by atoms with van der Waals surface area (Å²) < 4.78 is 5.54. The standard InChI is InChI=1S/C20H34O6/c1-2-3-6-9-15(21)12-13-18-16(17(22)14-20(25)26-18)10-7-4-5-8-11-19(23)24/h4,7,12-13,15-18,20-22,25H,2-3,5-6,8-11,14H2,1H3,(H,23,24)/b7-4+,13-12+. The van der Waals surface area contributed by atoms with E-state index in [1.807, 2.05) is 12.2 Å². The molecule has 0 aliphatic carbocycles. The fourth-order valence-corrected chi connectivity index (χ4v) is 3.10. The summed E-state index contributed by atoms with van der Waals surface area (Å²) in [5.74, 6) is -1.00. The first-order valence-electron chi connectivity index (χ1n) is 9.68. The van der Waals surface area contributed by atoms with Crippen LogP contribution in [-0.4, -0.2) is 51.0 Å². The zero-order valence-corrected chi connectivity index (χ0v) is 15.7. The molecule has 1 aliphatic heterocycles. The predicted octanol–water partition coefficient (Wildman–Crippen LogP) is 2.77. The molecule has 150 valence electrons. The number of aliphatic carboxylic acids is 1. The van der Waals surface area contributed by atoms with E-state index < -0.39 is 30.6 Å². The van der Waals surface area contributed by atoms with Crippen molar-refractivity contribution in [2.75, 3.05) is 0 Å². The zero-order valence-electron chi connectivity index (χ0n) is 15.7. The highest BCUT2D eigenvalue weighted by molar-refractivity contribution is 5.66. The van der Waals surface area contributed by atoms with Gasteiger partial charge < -0.3 is 25.2 Å². The number of carboxylic acid groups (broad SMARTS) is 1. The monoisotopic (exact) mass is 370 g/mol. The minimum Gasteiger partial charge on any atom is -0.481 e. The summed E-state index contributed by atoms with van der Waals surface area (Å²) in [6.07, 6.45) is 10.5. The van der Waals surface area contributed by atoms with E-state index >= 15 is 0 Å². The lowest BCUT2D eigenvalue weighted by molar-refractivity contribution is -0.199. The highest BCUT2D eigenvalue weighted by Gasteiger charge is 2.35. The smallest absolute Gasteiger partial charge is 0.303 e. The number of unbranched alkanes of at least 4 members (excludes halogenated alkanes) is 3. The maximum absolute atomic E-state index is 10.5. The van der Waals surface area contributed by atoms with Crippen molar-refractivity contribution < 1.29 is 30.0 Å². The van der Waals surface area contributed by atoms with Crippen LogP contribution in [0.25, 0.3) is 0 Å². The molecule has 0 aromatic carbocycles. The third-order valence-electron chi connectivity index (χ3n) is 4.64. The van der Waals surface area contributed by atoms with Crippen molar-refractivity contribution in [3.05, 3.63) is 24.3 Å². The molecule has 0 amide bonds. The van der Waals surface area contributed by atoms with Crippen LogP contribution in [0.15, 0.2) is 24.3 Å². The van der Waals surface area contributed by atoms with Gasteiger partial charge >= 0.3 is 5.97 Å². The zero-order chi connectivity index (χ0) is 19.4. The molecule has 1 heterocycles. The Morgan fingerprint density at radius 1 is 1.23 bits per heavy atom. The number of carboxylic acids is 1. The molecule has 1 aliphatic rings. The van der Waals surface area contributed by atoms with Gasteiger partial charge in [-0.1, -0.05) is 50.5 Å². The predicted molar refractivity (Wildman–Crippen MR) is 99.5 cm³/mol. The summed E-state index contributed by atoms with van der Waals surface area (Å²) in [5, 5.41) is 38.7. The minimum atomic E-state index is -1.01. The van der Waals surface area contributed by atoms with E-state index in [0.29, 0.717) is 25.7 Å². The molecule has 1 saturated heterocycles. The number of hydrogen-bond donors (Lipinski definition) is 4. The van der Waals surface area contributed by atoms with E-state index in [4.69, 9.17) is 9.84 Å². The van der Waals surface area contributed by atoms with Gasteiger partial charge in [0, 0.05) is 18.8 Å². The molecule has 0 bridgehead atoms. The van der Waals surface area contributed by atoms with E-state index in [9.17, 15) is 20.1 Å². The highest BCUT2D eigenvalue weighted by Crippen LogP contribution is 2.29. The molecule has 0 aromatic rings. The van der Waals surface area contributed by atoms with E-state index in [-0.39, 0.29) is 18.8 Å². The average Bonchev–Trinajstić information content (AvgIpc) is 2.57. The fraction of sp³-hybridized carbons (Fsp3) is 0.750. The summed E-state index contributed by atoms with van der Waals surface area (Å²) in [5.41, 5.74) is 0. The van der Waals surface area contributed by atoms with Crippen molar-refractivity contribution >= 4 is 5.97 Å². The van der Waals surface area contributed by atoms with Crippen molar-refractivity contribution in [1.82, 2.24) is 0 Å². The van der Waals surface area contributed by atoms with Gasteiger partial charge in [0.2, 0.25) is 0 Å². The summed E-state index contributed by atoms with van der Waals surface area (Å²) in [7, 11) is 0. The van der Waals surface area contributed by atoms with Crippen LogP contribution in [0, 0.1) is 5.92 Å². The molecule has 1 rings (SSSR count). The first kappa shape index (κ1) is 22.8. The Morgan fingerprint density at radius 3 is 2.69 bits per heavy atom. The van der Waals surface area contributed by atoms with Crippen molar-refractivity contribution in [2.24, 2.45) is 5.92 Å². The molecular weight excluding hydrogens is 336 g/mol. The van der Waals surface area contributed by atoms with Gasteiger partial charge in [-0.3, -0.25) is 4.79 Å². The van der Waals surface area contributed by atoms with Crippen LogP contribution >= 0.6 is 0 Å². The lowest BCUT2D eigenvalue weighted by Crippen LogP contribution is -2.43. The molecular formula is C20H34O6. The normalized spacial score (nSPS) is 28.0. The van der Waals surface area contributed by atoms with Gasteiger partial charge in [-0.2, -0.15) is 0 Å². The van der Waals surface area contributed by atoms with Crippen LogP contribution in [0.2, 0.25) is 0 Å². The van der Waals surface area contributed by atoms with Gasteiger partial charge in [-0.05, 0) is 25.7 Å². The SMILES string of the molecule is CCCCCC(O)/C=C/C1OC(O)CC(O)C1C/C=C/CCCC(=O)O.